The van der Waals surface area contributed by atoms with Crippen LogP contribution >= 0.6 is 11.6 Å². The summed E-state index contributed by atoms with van der Waals surface area (Å²) in [4.78, 5) is 17.1. The predicted octanol–water partition coefficient (Wildman–Crippen LogP) is 4.15. The minimum atomic E-state index is -0.226. The Hall–Kier alpha value is -3.38. The van der Waals surface area contributed by atoms with Crippen molar-refractivity contribution in [1.29, 1.82) is 0 Å². The maximum atomic E-state index is 12.8. The van der Waals surface area contributed by atoms with E-state index in [4.69, 9.17) is 16.0 Å². The fourth-order valence-electron chi connectivity index (χ4n) is 2.81. The first-order valence-electron chi connectivity index (χ1n) is 8.79. The number of nitrogens with zero attached hydrogens (tertiary/aromatic N) is 3. The topological polar surface area (TPSA) is 73.0 Å². The molecular weight excluding hydrogens is 376 g/mol. The zero-order valence-electron chi connectivity index (χ0n) is 14.9. The minimum absolute atomic E-state index is 0.226. The van der Waals surface area contributed by atoms with Crippen LogP contribution in [0.25, 0.3) is 17.1 Å². The lowest BCUT2D eigenvalue weighted by molar-refractivity contribution is 0.0946. The van der Waals surface area contributed by atoms with E-state index in [0.717, 1.165) is 11.4 Å². The molecule has 1 amide bonds. The molecule has 0 aliphatic rings. The molecule has 4 rings (SSSR count). The van der Waals surface area contributed by atoms with Gasteiger partial charge in [-0.15, -0.1) is 0 Å². The average Bonchev–Trinajstić information content (AvgIpc) is 3.39. The van der Waals surface area contributed by atoms with Crippen molar-refractivity contribution >= 4 is 17.5 Å². The largest absolute Gasteiger partial charge is 0.463 e. The number of carbonyl (C=O) groups is 1. The van der Waals surface area contributed by atoms with E-state index in [1.807, 2.05) is 30.3 Å². The van der Waals surface area contributed by atoms with Crippen LogP contribution in [0.5, 0.6) is 0 Å². The van der Waals surface area contributed by atoms with Crippen LogP contribution in [0, 0.1) is 0 Å². The molecule has 3 heterocycles. The summed E-state index contributed by atoms with van der Waals surface area (Å²) in [6.07, 6.45) is 3.96. The Kier molecular flexibility index (Phi) is 5.21. The van der Waals surface area contributed by atoms with Gasteiger partial charge in [-0.2, -0.15) is 5.10 Å². The van der Waals surface area contributed by atoms with Crippen molar-refractivity contribution < 1.29 is 9.21 Å². The van der Waals surface area contributed by atoms with Crippen LogP contribution in [0.4, 0.5) is 0 Å². The van der Waals surface area contributed by atoms with Gasteiger partial charge in [0.1, 0.15) is 11.4 Å². The van der Waals surface area contributed by atoms with Crippen LogP contribution in [-0.2, 0) is 6.42 Å². The van der Waals surface area contributed by atoms with Crippen LogP contribution in [-0.4, -0.2) is 27.2 Å². The van der Waals surface area contributed by atoms with E-state index < -0.39 is 0 Å². The molecule has 1 aromatic carbocycles. The highest BCUT2D eigenvalue weighted by Gasteiger charge is 2.18. The molecular formula is C21H17ClN4O2. The average molecular weight is 393 g/mol. The summed E-state index contributed by atoms with van der Waals surface area (Å²) in [7, 11) is 0. The van der Waals surface area contributed by atoms with Gasteiger partial charge in [-0.25, -0.2) is 4.68 Å². The van der Waals surface area contributed by atoms with Crippen LogP contribution in [0.15, 0.2) is 77.5 Å². The van der Waals surface area contributed by atoms with Gasteiger partial charge in [-0.1, -0.05) is 17.7 Å². The van der Waals surface area contributed by atoms with Crippen LogP contribution in [0.2, 0.25) is 5.02 Å². The van der Waals surface area contributed by atoms with Crippen molar-refractivity contribution in [3.63, 3.8) is 0 Å². The van der Waals surface area contributed by atoms with Gasteiger partial charge in [-0.05, 0) is 48.5 Å². The summed E-state index contributed by atoms with van der Waals surface area (Å²) in [5.74, 6) is 0.367. The number of aromatic nitrogens is 3. The maximum Gasteiger partial charge on any atom is 0.270 e. The number of carbonyl (C=O) groups excluding carboxylic acids is 1. The standard InChI is InChI=1S/C21H17ClN4O2/c22-15-6-8-17(9-7-15)26-19(14-18(25-26)20-5-3-13-28-20)21(27)24-12-10-16-4-1-2-11-23-16/h1-9,11,13-14H,10,12H2,(H,24,27). The summed E-state index contributed by atoms with van der Waals surface area (Å²) in [5, 5.41) is 8.09. The highest BCUT2D eigenvalue weighted by atomic mass is 35.5. The van der Waals surface area contributed by atoms with Crippen molar-refractivity contribution in [1.82, 2.24) is 20.1 Å². The van der Waals surface area contributed by atoms with E-state index in [2.05, 4.69) is 15.4 Å². The smallest absolute Gasteiger partial charge is 0.270 e. The first-order chi connectivity index (χ1) is 13.7. The second-order valence-corrected chi connectivity index (χ2v) is 6.54. The molecule has 0 spiro atoms. The zero-order chi connectivity index (χ0) is 19.3. The van der Waals surface area contributed by atoms with E-state index in [1.54, 1.807) is 47.5 Å². The second-order valence-electron chi connectivity index (χ2n) is 6.11. The number of benzene rings is 1. The number of nitrogens with one attached hydrogen (secondary N) is 1. The summed E-state index contributed by atoms with van der Waals surface area (Å²) in [6.45, 7) is 0.470. The molecule has 28 heavy (non-hydrogen) atoms. The number of halogens is 1. The van der Waals surface area contributed by atoms with E-state index in [1.165, 1.54) is 0 Å². The Morgan fingerprint density at radius 1 is 1.11 bits per heavy atom. The van der Waals surface area contributed by atoms with Gasteiger partial charge in [0.15, 0.2) is 5.76 Å². The number of hydrogen-bond acceptors (Lipinski definition) is 4. The third-order valence-corrected chi connectivity index (χ3v) is 4.43. The first kappa shape index (κ1) is 18.0. The fraction of sp³-hybridized carbons (Fsp3) is 0.0952. The quantitative estimate of drug-likeness (QED) is 0.535. The highest BCUT2D eigenvalue weighted by molar-refractivity contribution is 6.30. The summed E-state index contributed by atoms with van der Waals surface area (Å²) in [5.41, 5.74) is 2.65. The number of pyridine rings is 1. The summed E-state index contributed by atoms with van der Waals surface area (Å²) >= 11 is 5.98. The molecule has 7 heteroatoms. The third-order valence-electron chi connectivity index (χ3n) is 4.18. The Morgan fingerprint density at radius 3 is 2.68 bits per heavy atom. The van der Waals surface area contributed by atoms with Crippen molar-refractivity contribution in [2.75, 3.05) is 6.54 Å². The Bertz CT molecular complexity index is 1060. The van der Waals surface area contributed by atoms with Crippen molar-refractivity contribution in [3.05, 3.63) is 89.5 Å². The molecule has 0 saturated heterocycles. The van der Waals surface area contributed by atoms with Gasteiger partial charge < -0.3 is 9.73 Å². The highest BCUT2D eigenvalue weighted by Crippen LogP contribution is 2.23. The lowest BCUT2D eigenvalue weighted by Gasteiger charge is -2.08. The molecule has 0 aliphatic heterocycles. The molecule has 0 fully saturated rings. The Balaban J connectivity index is 1.58. The molecule has 0 saturated carbocycles. The van der Waals surface area contributed by atoms with Crippen LogP contribution in [0.3, 0.4) is 0 Å². The SMILES string of the molecule is O=C(NCCc1ccccn1)c1cc(-c2ccco2)nn1-c1ccc(Cl)cc1. The van der Waals surface area contributed by atoms with E-state index in [-0.39, 0.29) is 5.91 Å². The summed E-state index contributed by atoms with van der Waals surface area (Å²) in [6, 6.07) is 18.2. The molecule has 3 aromatic heterocycles. The van der Waals surface area contributed by atoms with Crippen LogP contribution < -0.4 is 5.32 Å². The second kappa shape index (κ2) is 8.10. The van der Waals surface area contributed by atoms with Gasteiger partial charge in [-0.3, -0.25) is 9.78 Å². The van der Waals surface area contributed by atoms with E-state index >= 15 is 0 Å². The molecule has 0 atom stereocenters. The normalized spacial score (nSPS) is 10.8. The van der Waals surface area contributed by atoms with Crippen molar-refractivity contribution in [3.8, 4) is 17.1 Å². The number of rotatable bonds is 6. The number of amides is 1. The molecule has 4 aromatic rings. The van der Waals surface area contributed by atoms with Gasteiger partial charge in [0, 0.05) is 35.9 Å². The number of hydrogen-bond donors (Lipinski definition) is 1. The molecule has 0 aliphatic carbocycles. The van der Waals surface area contributed by atoms with Crippen LogP contribution in [0.1, 0.15) is 16.2 Å². The molecule has 0 unspecified atom stereocenters. The van der Waals surface area contributed by atoms with Gasteiger partial charge in [0.25, 0.3) is 5.91 Å². The maximum absolute atomic E-state index is 12.8. The fourth-order valence-corrected chi connectivity index (χ4v) is 2.93. The van der Waals surface area contributed by atoms with Gasteiger partial charge in [0.2, 0.25) is 0 Å². The van der Waals surface area contributed by atoms with Crippen molar-refractivity contribution in [2.45, 2.75) is 6.42 Å². The van der Waals surface area contributed by atoms with E-state index in [9.17, 15) is 4.79 Å². The lowest BCUT2D eigenvalue weighted by Crippen LogP contribution is -2.28. The van der Waals surface area contributed by atoms with Gasteiger partial charge in [0.05, 0.1) is 12.0 Å². The minimum Gasteiger partial charge on any atom is -0.463 e. The monoisotopic (exact) mass is 392 g/mol. The lowest BCUT2D eigenvalue weighted by atomic mass is 10.2. The molecule has 0 radical (unpaired) electrons. The van der Waals surface area contributed by atoms with Gasteiger partial charge >= 0.3 is 0 Å². The molecule has 1 N–H and O–H groups in total. The Morgan fingerprint density at radius 2 is 1.96 bits per heavy atom. The van der Waals surface area contributed by atoms with E-state index in [0.29, 0.717) is 35.1 Å². The van der Waals surface area contributed by atoms with Crippen molar-refractivity contribution in [2.24, 2.45) is 0 Å². The zero-order valence-corrected chi connectivity index (χ0v) is 15.6. The molecule has 6 nitrogen and oxygen atoms in total. The predicted molar refractivity (Wildman–Crippen MR) is 107 cm³/mol. The number of furan rings is 1. The first-order valence-corrected chi connectivity index (χ1v) is 9.16. The summed E-state index contributed by atoms with van der Waals surface area (Å²) < 4.78 is 7.01. The third kappa shape index (κ3) is 3.97. The molecule has 140 valence electrons. The Labute approximate surface area is 166 Å². The molecule has 0 bridgehead atoms.